The summed E-state index contributed by atoms with van der Waals surface area (Å²) < 4.78 is 40.1. The number of amides is 1. The second-order valence-corrected chi connectivity index (χ2v) is 10.2. The molecular weight excluding hydrogens is 454 g/mol. The van der Waals surface area contributed by atoms with Gasteiger partial charge in [0.25, 0.3) is 6.43 Å². The summed E-state index contributed by atoms with van der Waals surface area (Å²) in [5.41, 5.74) is 0.960. The lowest BCUT2D eigenvalue weighted by atomic mass is 9.89. The number of quaternary nitrogens is 1. The predicted octanol–water partition coefficient (Wildman–Crippen LogP) is 4.58. The van der Waals surface area contributed by atoms with Gasteiger partial charge in [0.1, 0.15) is 34.2 Å². The highest BCUT2D eigenvalue weighted by molar-refractivity contribution is 5.94. The Labute approximate surface area is 201 Å². The van der Waals surface area contributed by atoms with Crippen LogP contribution in [0.15, 0.2) is 42.6 Å². The number of imidazole rings is 1. The number of aromatic nitrogens is 2. The van der Waals surface area contributed by atoms with E-state index >= 15 is 0 Å². The van der Waals surface area contributed by atoms with E-state index < -0.39 is 6.43 Å². The van der Waals surface area contributed by atoms with E-state index in [1.54, 1.807) is 17.6 Å². The van der Waals surface area contributed by atoms with Crippen LogP contribution in [0.2, 0.25) is 0 Å². The van der Waals surface area contributed by atoms with Crippen LogP contribution < -0.4 is 14.8 Å². The van der Waals surface area contributed by atoms with Gasteiger partial charge in [0, 0.05) is 37.6 Å². The quantitative estimate of drug-likeness (QED) is 0.427. The number of rotatable bonds is 5. The number of carbonyl (C=O) groups is 1. The molecule has 1 N–H and O–H groups in total. The number of anilines is 1. The van der Waals surface area contributed by atoms with Crippen molar-refractivity contribution < 1.29 is 27.5 Å². The number of nitrogens with zero attached hydrogens (tertiary/aromatic N) is 3. The molecule has 3 aromatic rings. The van der Waals surface area contributed by atoms with Gasteiger partial charge in [-0.15, -0.1) is 0 Å². The highest BCUT2D eigenvalue weighted by Crippen LogP contribution is 2.62. The topological polar surface area (TPSA) is 64.9 Å². The second-order valence-electron chi connectivity index (χ2n) is 10.2. The Bertz CT molecular complexity index is 1340. The lowest BCUT2D eigenvalue weighted by Crippen LogP contribution is -2.48. The molecule has 2 aromatic heterocycles. The maximum Gasteiger partial charge on any atom is 0.350 e. The van der Waals surface area contributed by atoms with Crippen LogP contribution in [0.25, 0.3) is 5.65 Å². The maximum absolute atomic E-state index is 13.9. The summed E-state index contributed by atoms with van der Waals surface area (Å²) in [6.45, 7) is 0. The molecule has 4 heterocycles. The number of hydrogen-bond acceptors (Lipinski definition) is 5. The Hall–Kier alpha value is -3.20. The molecule has 1 aromatic carbocycles. The van der Waals surface area contributed by atoms with Crippen molar-refractivity contribution in [1.82, 2.24) is 9.38 Å². The average Bonchev–Trinajstić information content (AvgIpc) is 3.17. The molecule has 0 bridgehead atoms. The van der Waals surface area contributed by atoms with Gasteiger partial charge in [0.15, 0.2) is 18.2 Å². The van der Waals surface area contributed by atoms with Crippen molar-refractivity contribution in [2.24, 2.45) is 0 Å². The first kappa shape index (κ1) is 21.1. The van der Waals surface area contributed by atoms with Gasteiger partial charge in [0.05, 0.1) is 13.2 Å². The van der Waals surface area contributed by atoms with Crippen molar-refractivity contribution in [3.05, 3.63) is 53.9 Å². The van der Waals surface area contributed by atoms with Crippen LogP contribution in [0.5, 0.6) is 11.5 Å². The molecule has 182 valence electrons. The number of halogens is 2. The number of nitrogens with one attached hydrogen (secondary N) is 1. The van der Waals surface area contributed by atoms with Gasteiger partial charge in [-0.1, -0.05) is 6.07 Å². The molecule has 1 saturated heterocycles. The maximum atomic E-state index is 13.9. The molecule has 35 heavy (non-hydrogen) atoms. The first-order chi connectivity index (χ1) is 17.0. The molecule has 2 saturated carbocycles. The summed E-state index contributed by atoms with van der Waals surface area (Å²) in [4.78, 5) is 17.9. The monoisotopic (exact) mass is 481 g/mol. The number of pyridine rings is 1. The van der Waals surface area contributed by atoms with Gasteiger partial charge in [-0.25, -0.2) is 23.0 Å². The van der Waals surface area contributed by atoms with E-state index in [1.807, 2.05) is 30.3 Å². The minimum Gasteiger partial charge on any atom is -0.497 e. The lowest BCUT2D eigenvalue weighted by molar-refractivity contribution is -0.765. The highest BCUT2D eigenvalue weighted by Gasteiger charge is 2.85. The number of methoxy groups -OCH3 is 1. The van der Waals surface area contributed by atoms with E-state index in [2.05, 4.69) is 10.3 Å². The lowest BCUT2D eigenvalue weighted by Gasteiger charge is -2.34. The van der Waals surface area contributed by atoms with Crippen molar-refractivity contribution >= 4 is 17.4 Å². The van der Waals surface area contributed by atoms with Crippen molar-refractivity contribution in [3.8, 4) is 11.5 Å². The van der Waals surface area contributed by atoms with E-state index in [4.69, 9.17) is 9.47 Å². The largest absolute Gasteiger partial charge is 0.497 e. The van der Waals surface area contributed by atoms with Crippen molar-refractivity contribution in [3.63, 3.8) is 0 Å². The van der Waals surface area contributed by atoms with E-state index in [0.717, 1.165) is 37.9 Å². The van der Waals surface area contributed by atoms with Crippen LogP contribution in [0.4, 0.5) is 14.6 Å². The Morgan fingerprint density at radius 1 is 1.20 bits per heavy atom. The molecule has 0 radical (unpaired) electrons. The fourth-order valence-corrected chi connectivity index (χ4v) is 6.94. The molecule has 7 nitrogen and oxygen atoms in total. The van der Waals surface area contributed by atoms with E-state index in [9.17, 15) is 13.6 Å². The summed E-state index contributed by atoms with van der Waals surface area (Å²) in [6, 6.07) is 12.1. The van der Waals surface area contributed by atoms with Crippen molar-refractivity contribution in [1.29, 1.82) is 0 Å². The zero-order valence-corrected chi connectivity index (χ0v) is 19.4. The minimum atomic E-state index is -2.60. The highest BCUT2D eigenvalue weighted by atomic mass is 19.3. The van der Waals surface area contributed by atoms with E-state index in [1.165, 1.54) is 6.20 Å². The number of alkyl halides is 2. The Morgan fingerprint density at radius 2 is 2.03 bits per heavy atom. The van der Waals surface area contributed by atoms with Crippen LogP contribution >= 0.6 is 0 Å². The first-order valence-electron chi connectivity index (χ1n) is 12.3. The third-order valence-electron chi connectivity index (χ3n) is 8.64. The molecule has 7 rings (SSSR count). The van der Waals surface area contributed by atoms with Gasteiger partial charge < -0.3 is 14.8 Å². The van der Waals surface area contributed by atoms with Crippen LogP contribution in [0.1, 0.15) is 54.6 Å². The van der Waals surface area contributed by atoms with E-state index in [0.29, 0.717) is 33.2 Å². The number of benzene rings is 1. The molecule has 4 atom stereocenters. The fourth-order valence-electron chi connectivity index (χ4n) is 6.94. The SMILES string of the molecule is COc1ccc2c(c1)OC1CC3C1[N+]3(C1CCC(Nc3cccc4nc(C(F)F)cn34)CC1)C2=O. The Morgan fingerprint density at radius 3 is 2.80 bits per heavy atom. The normalized spacial score (nSPS) is 32.8. The summed E-state index contributed by atoms with van der Waals surface area (Å²) in [5, 5.41) is 3.55. The Kier molecular flexibility index (Phi) is 4.46. The van der Waals surface area contributed by atoms with Crippen LogP contribution in [-0.2, 0) is 0 Å². The summed E-state index contributed by atoms with van der Waals surface area (Å²) in [7, 11) is 1.62. The van der Waals surface area contributed by atoms with Crippen molar-refractivity contribution in [2.75, 3.05) is 12.4 Å². The van der Waals surface area contributed by atoms with Crippen LogP contribution in [0, 0.1) is 0 Å². The van der Waals surface area contributed by atoms with Gasteiger partial charge in [-0.05, 0) is 37.1 Å². The van der Waals surface area contributed by atoms with Crippen molar-refractivity contribution in [2.45, 2.75) is 68.8 Å². The first-order valence-corrected chi connectivity index (χ1v) is 12.3. The van der Waals surface area contributed by atoms with Gasteiger partial charge in [-0.3, -0.25) is 4.40 Å². The molecule has 1 amide bonds. The number of carbonyl (C=O) groups excluding carboxylic acids is 1. The number of fused-ring (bicyclic) bond motifs is 3. The molecule has 2 aliphatic carbocycles. The standard InChI is InChI=1S/C26H27F2N4O3/c1-34-16-9-10-17-20(11-16)35-21-12-19-24(21)32(19,26(17)33)15-7-5-14(6-8-15)29-22-3-2-4-23-30-18(25(27)28)13-31(22)23/h2-4,9-11,13-15,19,21,24-25,29H,5-8,12H2,1H3/q+1. The zero-order valence-electron chi connectivity index (χ0n) is 19.4. The molecule has 3 fully saturated rings. The molecular formula is C26H27F2N4O3+. The zero-order chi connectivity index (χ0) is 23.9. The predicted molar refractivity (Wildman–Crippen MR) is 124 cm³/mol. The van der Waals surface area contributed by atoms with Crippen LogP contribution in [-0.4, -0.2) is 57.2 Å². The molecule has 9 heteroatoms. The minimum absolute atomic E-state index is 0.0935. The van der Waals surface area contributed by atoms with Gasteiger partial charge >= 0.3 is 5.91 Å². The van der Waals surface area contributed by atoms with Gasteiger partial charge in [-0.2, -0.15) is 0 Å². The molecule has 0 spiro atoms. The third kappa shape index (κ3) is 2.90. The summed E-state index contributed by atoms with van der Waals surface area (Å²) in [5.74, 6) is 2.31. The Balaban J connectivity index is 1.10. The fraction of sp³-hybridized carbons (Fsp3) is 0.462. The average molecular weight is 482 g/mol. The van der Waals surface area contributed by atoms with E-state index in [-0.39, 0.29) is 35.8 Å². The van der Waals surface area contributed by atoms with Crippen LogP contribution in [0.3, 0.4) is 0 Å². The smallest absolute Gasteiger partial charge is 0.350 e. The number of hydrogen-bond donors (Lipinski definition) is 1. The second kappa shape index (κ2) is 7.40. The van der Waals surface area contributed by atoms with Gasteiger partial charge in [0.2, 0.25) is 0 Å². The number of ether oxygens (including phenoxy) is 2. The summed E-state index contributed by atoms with van der Waals surface area (Å²) >= 11 is 0. The molecule has 2 aliphatic heterocycles. The summed E-state index contributed by atoms with van der Waals surface area (Å²) in [6.07, 6.45) is 3.56. The molecule has 4 aliphatic rings. The third-order valence-corrected chi connectivity index (χ3v) is 8.64. The molecule has 4 unspecified atom stereocenters.